The number of nitrogens with zero attached hydrogens (tertiary/aromatic N) is 1. The van der Waals surface area contributed by atoms with Gasteiger partial charge >= 0.3 is 0 Å². The molecule has 0 amide bonds. The minimum absolute atomic E-state index is 0. The summed E-state index contributed by atoms with van der Waals surface area (Å²) < 4.78 is 5.67. The third-order valence-electron chi connectivity index (χ3n) is 4.97. The quantitative estimate of drug-likeness (QED) is 0.635. The van der Waals surface area contributed by atoms with Crippen molar-refractivity contribution in [1.29, 1.82) is 0 Å². The monoisotopic (exact) mass is 391 g/mol. The Hall–Kier alpha value is -1.59. The van der Waals surface area contributed by atoms with Gasteiger partial charge in [-0.15, -0.1) is 24.0 Å². The van der Waals surface area contributed by atoms with E-state index >= 15 is 0 Å². The van der Waals surface area contributed by atoms with Crippen LogP contribution in [0.3, 0.4) is 0 Å². The first-order chi connectivity index (χ1) is 12.2. The zero-order valence-electron chi connectivity index (χ0n) is 14.7. The van der Waals surface area contributed by atoms with E-state index in [4.69, 9.17) is 22.1 Å². The lowest BCUT2D eigenvalue weighted by molar-refractivity contribution is 0.110. The zero-order valence-corrected chi connectivity index (χ0v) is 16.3. The highest BCUT2D eigenvalue weighted by Gasteiger charge is 2.20. The van der Waals surface area contributed by atoms with Crippen LogP contribution in [0.2, 0.25) is 0 Å². The van der Waals surface area contributed by atoms with Crippen LogP contribution in [0.25, 0.3) is 22.2 Å². The Bertz CT molecular complexity index is 923. The maximum absolute atomic E-state index is 6.65. The average molecular weight is 392 g/mol. The van der Waals surface area contributed by atoms with Gasteiger partial charge < -0.3 is 15.5 Å². The Morgan fingerprint density at radius 1 is 1.31 bits per heavy atom. The molecule has 0 radical (unpaired) electrons. The Balaban J connectivity index is 0.00000196. The molecule has 1 unspecified atom stereocenters. The number of alkyl halides is 1. The number of benzene rings is 1. The van der Waals surface area contributed by atoms with E-state index in [1.807, 2.05) is 12.4 Å². The Morgan fingerprint density at radius 3 is 2.96 bits per heavy atom. The highest BCUT2D eigenvalue weighted by molar-refractivity contribution is 6.21. The van der Waals surface area contributed by atoms with Crippen molar-refractivity contribution in [3.63, 3.8) is 0 Å². The molecule has 0 fully saturated rings. The predicted octanol–water partition coefficient (Wildman–Crippen LogP) is 4.66. The number of aromatic amines is 1. The van der Waals surface area contributed by atoms with Gasteiger partial charge in [-0.05, 0) is 66.3 Å². The summed E-state index contributed by atoms with van der Waals surface area (Å²) in [5, 5.41) is 1.07. The van der Waals surface area contributed by atoms with Crippen LogP contribution in [-0.4, -0.2) is 23.1 Å². The molecule has 3 heterocycles. The number of ether oxygens (including phenoxy) is 1. The van der Waals surface area contributed by atoms with Crippen molar-refractivity contribution in [2.45, 2.75) is 31.7 Å². The van der Waals surface area contributed by atoms with Gasteiger partial charge in [-0.2, -0.15) is 0 Å². The third-order valence-corrected chi connectivity index (χ3v) is 5.42. The van der Waals surface area contributed by atoms with Crippen molar-refractivity contribution in [2.75, 3.05) is 13.2 Å². The maximum atomic E-state index is 6.65. The summed E-state index contributed by atoms with van der Waals surface area (Å²) in [6.07, 6.45) is 5.59. The lowest BCUT2D eigenvalue weighted by atomic mass is 9.90. The molecular weight excluding hydrogens is 369 g/mol. The van der Waals surface area contributed by atoms with Gasteiger partial charge in [0.15, 0.2) is 0 Å². The van der Waals surface area contributed by atoms with E-state index in [1.54, 1.807) is 0 Å². The predicted molar refractivity (Wildman–Crippen MR) is 109 cm³/mol. The van der Waals surface area contributed by atoms with E-state index in [1.165, 1.54) is 16.7 Å². The molecule has 1 aliphatic heterocycles. The largest absolute Gasteiger partial charge is 0.376 e. The molecule has 0 saturated carbocycles. The summed E-state index contributed by atoms with van der Waals surface area (Å²) >= 11 is 6.65. The topological polar surface area (TPSA) is 63.9 Å². The summed E-state index contributed by atoms with van der Waals surface area (Å²) in [6, 6.07) is 6.65. The number of aryl methyl sites for hydroxylation is 1. The van der Waals surface area contributed by atoms with Crippen molar-refractivity contribution < 1.29 is 4.74 Å². The molecule has 26 heavy (non-hydrogen) atoms. The fraction of sp³-hybridized carbons (Fsp3) is 0.350. The van der Waals surface area contributed by atoms with E-state index < -0.39 is 0 Å². The van der Waals surface area contributed by atoms with Crippen LogP contribution in [0.1, 0.15) is 34.1 Å². The summed E-state index contributed by atoms with van der Waals surface area (Å²) in [6.45, 7) is 4.06. The minimum atomic E-state index is -0.0916. The van der Waals surface area contributed by atoms with Gasteiger partial charge in [-0.25, -0.2) is 4.98 Å². The van der Waals surface area contributed by atoms with Crippen LogP contribution in [0, 0.1) is 6.92 Å². The van der Waals surface area contributed by atoms with Gasteiger partial charge in [-0.1, -0.05) is 6.07 Å². The Morgan fingerprint density at radius 2 is 2.15 bits per heavy atom. The van der Waals surface area contributed by atoms with Crippen LogP contribution in [0.15, 0.2) is 30.6 Å². The molecule has 0 spiro atoms. The second-order valence-electron chi connectivity index (χ2n) is 6.64. The van der Waals surface area contributed by atoms with Crippen LogP contribution in [0.5, 0.6) is 0 Å². The van der Waals surface area contributed by atoms with Crippen LogP contribution in [0.4, 0.5) is 0 Å². The molecule has 3 aromatic rings. The van der Waals surface area contributed by atoms with Crippen LogP contribution >= 0.6 is 24.0 Å². The minimum Gasteiger partial charge on any atom is -0.376 e. The van der Waals surface area contributed by atoms with E-state index in [0.717, 1.165) is 47.2 Å². The Kier molecular flexibility index (Phi) is 5.88. The molecule has 1 aliphatic rings. The maximum Gasteiger partial charge on any atom is 0.137 e. The molecule has 4 nitrogen and oxygen atoms in total. The number of halogens is 2. The van der Waals surface area contributed by atoms with Crippen molar-refractivity contribution in [1.82, 2.24) is 9.97 Å². The highest BCUT2D eigenvalue weighted by atomic mass is 35.5. The molecule has 6 heteroatoms. The number of nitrogens with one attached hydrogen (secondary N) is 1. The zero-order chi connectivity index (χ0) is 17.4. The van der Waals surface area contributed by atoms with E-state index in [2.05, 4.69) is 35.1 Å². The van der Waals surface area contributed by atoms with Gasteiger partial charge in [-0.3, -0.25) is 0 Å². The molecule has 1 aromatic carbocycles. The van der Waals surface area contributed by atoms with Gasteiger partial charge in [0.05, 0.1) is 18.6 Å². The summed E-state index contributed by atoms with van der Waals surface area (Å²) in [5.74, 6) is 0. The van der Waals surface area contributed by atoms with Crippen molar-refractivity contribution in [3.05, 3.63) is 52.8 Å². The fourth-order valence-corrected chi connectivity index (χ4v) is 3.87. The third kappa shape index (κ3) is 3.47. The van der Waals surface area contributed by atoms with Gasteiger partial charge in [0, 0.05) is 23.3 Å². The fourth-order valence-electron chi connectivity index (χ4n) is 3.55. The lowest BCUT2D eigenvalue weighted by Crippen LogP contribution is -2.14. The van der Waals surface area contributed by atoms with Gasteiger partial charge in [0.2, 0.25) is 0 Å². The van der Waals surface area contributed by atoms with Crippen molar-refractivity contribution in [2.24, 2.45) is 5.73 Å². The molecule has 138 valence electrons. The standard InChI is InChI=1S/C20H22ClN3O.ClH/c1-12-9-23-20-16(12)8-15(10-24-20)14-6-13-3-5-25-11-18(13)17(7-14)19(21)2-4-22;/h6-10,19H,2-5,11,22H2,1H3,(H,23,24);1H. The van der Waals surface area contributed by atoms with Gasteiger partial charge in [0.1, 0.15) is 5.65 Å². The van der Waals surface area contributed by atoms with E-state index in [-0.39, 0.29) is 17.8 Å². The summed E-state index contributed by atoms with van der Waals surface area (Å²) in [7, 11) is 0. The Labute approximate surface area is 164 Å². The SMILES string of the molecule is Cc1c[nH]c2ncc(-c3cc4c(c(C(Cl)CCN)c3)COCC4)cc12.Cl. The van der Waals surface area contributed by atoms with E-state index in [9.17, 15) is 0 Å². The first kappa shape index (κ1) is 19.2. The highest BCUT2D eigenvalue weighted by Crippen LogP contribution is 2.36. The normalized spacial score (nSPS) is 14.7. The number of hydrogen-bond acceptors (Lipinski definition) is 3. The molecule has 0 aliphatic carbocycles. The molecule has 2 aromatic heterocycles. The van der Waals surface area contributed by atoms with Crippen LogP contribution < -0.4 is 5.73 Å². The smallest absolute Gasteiger partial charge is 0.137 e. The number of fused-ring (bicyclic) bond motifs is 2. The molecule has 1 atom stereocenters. The second kappa shape index (κ2) is 7.97. The molecule has 0 bridgehead atoms. The van der Waals surface area contributed by atoms with Crippen LogP contribution in [-0.2, 0) is 17.8 Å². The molecular formula is C20H23Cl2N3O. The molecule has 3 N–H and O–H groups in total. The second-order valence-corrected chi connectivity index (χ2v) is 7.17. The number of aromatic nitrogens is 2. The number of nitrogens with two attached hydrogens (primary N) is 1. The molecule has 0 saturated heterocycles. The number of hydrogen-bond donors (Lipinski definition) is 2. The first-order valence-electron chi connectivity index (χ1n) is 8.69. The summed E-state index contributed by atoms with van der Waals surface area (Å²) in [5.41, 5.74) is 13.8. The molecule has 4 rings (SSSR count). The van der Waals surface area contributed by atoms with E-state index in [0.29, 0.717) is 13.2 Å². The number of rotatable bonds is 4. The first-order valence-corrected chi connectivity index (χ1v) is 9.12. The van der Waals surface area contributed by atoms with Gasteiger partial charge in [0.25, 0.3) is 0 Å². The number of pyridine rings is 1. The number of H-pyrrole nitrogens is 1. The van der Waals surface area contributed by atoms with Crippen molar-refractivity contribution >= 4 is 35.0 Å². The summed E-state index contributed by atoms with van der Waals surface area (Å²) in [4.78, 5) is 7.77. The van der Waals surface area contributed by atoms with Crippen molar-refractivity contribution in [3.8, 4) is 11.1 Å². The average Bonchev–Trinajstić information content (AvgIpc) is 3.01. The lowest BCUT2D eigenvalue weighted by Gasteiger charge is -2.24.